The van der Waals surface area contributed by atoms with E-state index in [-0.39, 0.29) is 12.3 Å². The average Bonchev–Trinajstić information content (AvgIpc) is 2.68. The smallest absolute Gasteiger partial charge is 0.233 e. The minimum Gasteiger partial charge on any atom is -0.497 e. The molecular weight excluding hydrogens is 348 g/mol. The first-order chi connectivity index (χ1) is 13.1. The Morgan fingerprint density at radius 3 is 2.33 bits per heavy atom. The van der Waals surface area contributed by atoms with Crippen molar-refractivity contribution in [3.05, 3.63) is 48.0 Å². The lowest BCUT2D eigenvalue weighted by Gasteiger charge is -2.12. The molecule has 0 aliphatic heterocycles. The molecule has 2 aromatic carbocycles. The average molecular weight is 372 g/mol. The number of hydrogen-bond donors (Lipinski definition) is 2. The number of amides is 2. The van der Waals surface area contributed by atoms with E-state index in [0.29, 0.717) is 30.2 Å². The van der Waals surface area contributed by atoms with Gasteiger partial charge in [-0.1, -0.05) is 18.2 Å². The van der Waals surface area contributed by atoms with Crippen LogP contribution in [0.15, 0.2) is 42.5 Å². The van der Waals surface area contributed by atoms with Crippen molar-refractivity contribution >= 4 is 17.5 Å². The molecule has 0 atom stereocenters. The maximum atomic E-state index is 12.1. The maximum absolute atomic E-state index is 12.1. The largest absolute Gasteiger partial charge is 0.497 e. The van der Waals surface area contributed by atoms with E-state index in [4.69, 9.17) is 14.2 Å². The van der Waals surface area contributed by atoms with Gasteiger partial charge in [0.05, 0.1) is 27.0 Å². The molecular formula is C20H24N2O5. The van der Waals surface area contributed by atoms with Crippen LogP contribution in [0.2, 0.25) is 0 Å². The number of carbonyl (C=O) groups is 2. The number of carbonyl (C=O) groups excluding carboxylic acids is 2. The van der Waals surface area contributed by atoms with E-state index in [2.05, 4.69) is 10.6 Å². The number of rotatable bonds is 9. The second-order valence-corrected chi connectivity index (χ2v) is 5.70. The Morgan fingerprint density at radius 1 is 0.889 bits per heavy atom. The second kappa shape index (κ2) is 10.1. The maximum Gasteiger partial charge on any atom is 0.233 e. The highest BCUT2D eigenvalue weighted by atomic mass is 16.5. The van der Waals surface area contributed by atoms with Gasteiger partial charge in [0.2, 0.25) is 11.8 Å². The molecule has 7 heteroatoms. The van der Waals surface area contributed by atoms with E-state index in [1.54, 1.807) is 25.3 Å². The molecule has 0 aliphatic carbocycles. The van der Waals surface area contributed by atoms with Gasteiger partial charge in [0, 0.05) is 12.6 Å². The molecule has 0 aliphatic rings. The number of nitrogens with one attached hydrogen (secondary N) is 2. The summed E-state index contributed by atoms with van der Waals surface area (Å²) in [6.45, 7) is 0.412. The quantitative estimate of drug-likeness (QED) is 0.660. The topological polar surface area (TPSA) is 85.9 Å². The fraction of sp³-hybridized carbons (Fsp3) is 0.300. The van der Waals surface area contributed by atoms with E-state index < -0.39 is 5.91 Å². The van der Waals surface area contributed by atoms with Crippen LogP contribution in [0, 0.1) is 0 Å². The highest BCUT2D eigenvalue weighted by Gasteiger charge is 2.13. The van der Waals surface area contributed by atoms with E-state index in [1.165, 1.54) is 14.2 Å². The van der Waals surface area contributed by atoms with Crippen LogP contribution in [0.25, 0.3) is 0 Å². The second-order valence-electron chi connectivity index (χ2n) is 5.70. The molecule has 0 bridgehead atoms. The summed E-state index contributed by atoms with van der Waals surface area (Å²) in [6.07, 6.45) is 0.327. The first-order valence-electron chi connectivity index (χ1n) is 8.47. The van der Waals surface area contributed by atoms with Gasteiger partial charge in [-0.15, -0.1) is 0 Å². The van der Waals surface area contributed by atoms with E-state index in [1.807, 2.05) is 24.3 Å². The summed E-state index contributed by atoms with van der Waals surface area (Å²) in [5.74, 6) is 1.04. The van der Waals surface area contributed by atoms with Crippen molar-refractivity contribution in [1.82, 2.24) is 5.32 Å². The van der Waals surface area contributed by atoms with Crippen LogP contribution in [0.1, 0.15) is 12.0 Å². The zero-order valence-corrected chi connectivity index (χ0v) is 15.7. The molecule has 144 valence electrons. The van der Waals surface area contributed by atoms with Gasteiger partial charge in [0.1, 0.15) is 23.7 Å². The molecule has 0 heterocycles. The standard InChI is InChI=1S/C20H24N2O5/c1-25-15-8-9-18(27-3)16(12-15)22-20(24)13-19(23)21-11-10-14-6-4-5-7-17(14)26-2/h4-9,12H,10-11,13H2,1-3H3,(H,21,23)(H,22,24). The molecule has 0 saturated carbocycles. The zero-order valence-electron chi connectivity index (χ0n) is 15.7. The summed E-state index contributed by atoms with van der Waals surface area (Å²) in [5.41, 5.74) is 1.44. The Labute approximate surface area is 158 Å². The van der Waals surface area contributed by atoms with Gasteiger partial charge in [0.25, 0.3) is 0 Å². The molecule has 0 fully saturated rings. The van der Waals surface area contributed by atoms with Crippen molar-refractivity contribution < 1.29 is 23.8 Å². The van der Waals surface area contributed by atoms with Crippen LogP contribution in [0.3, 0.4) is 0 Å². The van der Waals surface area contributed by atoms with Crippen LogP contribution < -0.4 is 24.8 Å². The molecule has 0 spiro atoms. The summed E-state index contributed by atoms with van der Waals surface area (Å²) in [5, 5.41) is 5.41. The lowest BCUT2D eigenvalue weighted by molar-refractivity contribution is -0.126. The summed E-state index contributed by atoms with van der Waals surface area (Å²) < 4.78 is 15.6. The van der Waals surface area contributed by atoms with Crippen molar-refractivity contribution in [2.24, 2.45) is 0 Å². The van der Waals surface area contributed by atoms with Gasteiger partial charge >= 0.3 is 0 Å². The third-order valence-corrected chi connectivity index (χ3v) is 3.91. The fourth-order valence-corrected chi connectivity index (χ4v) is 2.56. The van der Waals surface area contributed by atoms with Crippen LogP contribution in [0.4, 0.5) is 5.69 Å². The Balaban J connectivity index is 1.84. The van der Waals surface area contributed by atoms with Gasteiger partial charge in [-0.05, 0) is 30.2 Å². The molecule has 2 amide bonds. The summed E-state index contributed by atoms with van der Waals surface area (Å²) >= 11 is 0. The van der Waals surface area contributed by atoms with Crippen LogP contribution in [0.5, 0.6) is 17.2 Å². The Bertz CT molecular complexity index is 792. The monoisotopic (exact) mass is 372 g/mol. The number of ether oxygens (including phenoxy) is 3. The third kappa shape index (κ3) is 5.91. The molecule has 0 radical (unpaired) electrons. The van der Waals surface area contributed by atoms with Gasteiger partial charge in [-0.3, -0.25) is 9.59 Å². The number of benzene rings is 2. The van der Waals surface area contributed by atoms with Gasteiger partial charge in [-0.25, -0.2) is 0 Å². The lowest BCUT2D eigenvalue weighted by Crippen LogP contribution is -2.29. The molecule has 7 nitrogen and oxygen atoms in total. The van der Waals surface area contributed by atoms with Crippen LogP contribution in [-0.4, -0.2) is 39.7 Å². The third-order valence-electron chi connectivity index (χ3n) is 3.91. The van der Waals surface area contributed by atoms with Crippen molar-refractivity contribution in [3.63, 3.8) is 0 Å². The molecule has 0 saturated heterocycles. The molecule has 27 heavy (non-hydrogen) atoms. The zero-order chi connectivity index (χ0) is 19.6. The molecule has 2 N–H and O–H groups in total. The Hall–Kier alpha value is -3.22. The SMILES string of the molecule is COc1ccc(OC)c(NC(=O)CC(=O)NCCc2ccccc2OC)c1. The molecule has 0 unspecified atom stereocenters. The summed E-state index contributed by atoms with van der Waals surface area (Å²) in [6, 6.07) is 12.6. The molecule has 2 rings (SSSR count). The fourth-order valence-electron chi connectivity index (χ4n) is 2.56. The Morgan fingerprint density at radius 2 is 1.63 bits per heavy atom. The summed E-state index contributed by atoms with van der Waals surface area (Å²) in [7, 11) is 4.64. The minimum absolute atomic E-state index is 0.285. The van der Waals surface area contributed by atoms with Crippen molar-refractivity contribution in [3.8, 4) is 17.2 Å². The summed E-state index contributed by atoms with van der Waals surface area (Å²) in [4.78, 5) is 24.1. The van der Waals surface area contributed by atoms with Gasteiger partial charge in [-0.2, -0.15) is 0 Å². The number of para-hydroxylation sites is 1. The first kappa shape index (κ1) is 20.1. The predicted octanol–water partition coefficient (Wildman–Crippen LogP) is 2.40. The van der Waals surface area contributed by atoms with Gasteiger partial charge in [0.15, 0.2) is 0 Å². The number of anilines is 1. The van der Waals surface area contributed by atoms with Gasteiger partial charge < -0.3 is 24.8 Å². The Kier molecular flexibility index (Phi) is 7.49. The molecule has 0 aromatic heterocycles. The number of hydrogen-bond acceptors (Lipinski definition) is 5. The van der Waals surface area contributed by atoms with E-state index >= 15 is 0 Å². The van der Waals surface area contributed by atoms with Crippen molar-refractivity contribution in [1.29, 1.82) is 0 Å². The lowest BCUT2D eigenvalue weighted by atomic mass is 10.1. The van der Waals surface area contributed by atoms with E-state index in [0.717, 1.165) is 11.3 Å². The van der Waals surface area contributed by atoms with Crippen LogP contribution >= 0.6 is 0 Å². The van der Waals surface area contributed by atoms with E-state index in [9.17, 15) is 9.59 Å². The highest BCUT2D eigenvalue weighted by molar-refractivity contribution is 6.04. The highest BCUT2D eigenvalue weighted by Crippen LogP contribution is 2.28. The van der Waals surface area contributed by atoms with Crippen molar-refractivity contribution in [2.45, 2.75) is 12.8 Å². The number of methoxy groups -OCH3 is 3. The minimum atomic E-state index is -0.434. The van der Waals surface area contributed by atoms with Crippen molar-refractivity contribution in [2.75, 3.05) is 33.2 Å². The predicted molar refractivity (Wildman–Crippen MR) is 103 cm³/mol. The van der Waals surface area contributed by atoms with Crippen LogP contribution in [-0.2, 0) is 16.0 Å². The molecule has 2 aromatic rings. The normalized spacial score (nSPS) is 10.0. The first-order valence-corrected chi connectivity index (χ1v) is 8.47.